The van der Waals surface area contributed by atoms with Crippen LogP contribution < -0.4 is 9.47 Å². The first-order valence-corrected chi connectivity index (χ1v) is 10.4. The molecule has 3 aliphatic heterocycles. The van der Waals surface area contributed by atoms with E-state index in [4.69, 9.17) is 14.2 Å². The van der Waals surface area contributed by atoms with Crippen molar-refractivity contribution in [2.24, 2.45) is 5.41 Å². The third-order valence-electron chi connectivity index (χ3n) is 6.32. The number of likely N-dealkylation sites (tertiary alicyclic amines) is 2. The van der Waals surface area contributed by atoms with Gasteiger partial charge in [-0.25, -0.2) is 0 Å². The zero-order valence-corrected chi connectivity index (χ0v) is 17.6. The Morgan fingerprint density at radius 3 is 2.60 bits per heavy atom. The predicted octanol–water partition coefficient (Wildman–Crippen LogP) is -0.109. The molecule has 4 rings (SSSR count). The van der Waals surface area contributed by atoms with E-state index in [1.165, 1.54) is 20.3 Å². The summed E-state index contributed by atoms with van der Waals surface area (Å²) >= 11 is 0. The van der Waals surface area contributed by atoms with E-state index < -0.39 is 5.41 Å². The minimum Gasteiger partial charge on any atom is -0.481 e. The summed E-state index contributed by atoms with van der Waals surface area (Å²) in [5, 5.41) is 0. The van der Waals surface area contributed by atoms with E-state index in [2.05, 4.69) is 14.9 Å². The van der Waals surface area contributed by atoms with E-state index in [0.717, 1.165) is 52.4 Å². The lowest BCUT2D eigenvalue weighted by Crippen LogP contribution is -2.44. The Morgan fingerprint density at radius 1 is 1.10 bits per heavy atom. The Kier molecular flexibility index (Phi) is 6.05. The predicted molar refractivity (Wildman–Crippen MR) is 107 cm³/mol. The van der Waals surface area contributed by atoms with Crippen molar-refractivity contribution < 1.29 is 23.8 Å². The molecule has 10 nitrogen and oxygen atoms in total. The summed E-state index contributed by atoms with van der Waals surface area (Å²) < 4.78 is 15.6. The zero-order chi connectivity index (χ0) is 21.1. The number of ether oxygens (including phenoxy) is 3. The molecule has 30 heavy (non-hydrogen) atoms. The van der Waals surface area contributed by atoms with Gasteiger partial charge in [-0.15, -0.1) is 0 Å². The first-order chi connectivity index (χ1) is 14.5. The second-order valence-electron chi connectivity index (χ2n) is 8.04. The Labute approximate surface area is 176 Å². The van der Waals surface area contributed by atoms with E-state index in [1.807, 2.05) is 4.90 Å². The molecule has 3 aliphatic rings. The van der Waals surface area contributed by atoms with E-state index in [-0.39, 0.29) is 29.4 Å². The number of carbonyl (C=O) groups is 2. The largest absolute Gasteiger partial charge is 0.481 e. The van der Waals surface area contributed by atoms with Gasteiger partial charge in [0.05, 0.1) is 32.8 Å². The van der Waals surface area contributed by atoms with Crippen LogP contribution in [0.1, 0.15) is 23.3 Å². The smallest absolute Gasteiger partial charge is 0.320 e. The van der Waals surface area contributed by atoms with Crippen LogP contribution >= 0.6 is 0 Å². The Bertz CT molecular complexity index is 778. The van der Waals surface area contributed by atoms with Gasteiger partial charge in [0, 0.05) is 51.9 Å². The minimum atomic E-state index is -0.470. The number of aromatic nitrogens is 2. The fourth-order valence-corrected chi connectivity index (χ4v) is 4.49. The second-order valence-corrected chi connectivity index (χ2v) is 8.04. The Hall–Kier alpha value is -2.46. The molecule has 1 spiro atoms. The molecule has 1 aromatic heterocycles. The molecule has 0 bridgehead atoms. The van der Waals surface area contributed by atoms with Crippen LogP contribution in [-0.4, -0.2) is 110 Å². The fraction of sp³-hybridized carbons (Fsp3) is 0.700. The van der Waals surface area contributed by atoms with Crippen LogP contribution in [0, 0.1) is 5.41 Å². The van der Waals surface area contributed by atoms with Crippen molar-refractivity contribution in [3.05, 3.63) is 11.8 Å². The average Bonchev–Trinajstić information content (AvgIpc) is 3.36. The van der Waals surface area contributed by atoms with Crippen LogP contribution in [0.2, 0.25) is 0 Å². The summed E-state index contributed by atoms with van der Waals surface area (Å²) in [5.41, 5.74) is -0.257. The van der Waals surface area contributed by atoms with Crippen molar-refractivity contribution in [1.82, 2.24) is 24.7 Å². The maximum Gasteiger partial charge on any atom is 0.320 e. The van der Waals surface area contributed by atoms with Crippen molar-refractivity contribution >= 4 is 11.8 Å². The normalized spacial score (nSPS) is 24.7. The van der Waals surface area contributed by atoms with Gasteiger partial charge >= 0.3 is 6.01 Å². The van der Waals surface area contributed by atoms with Crippen molar-refractivity contribution in [3.8, 4) is 11.9 Å². The first-order valence-electron chi connectivity index (χ1n) is 10.4. The highest BCUT2D eigenvalue weighted by molar-refractivity contribution is 5.94. The van der Waals surface area contributed by atoms with Gasteiger partial charge in [0.1, 0.15) is 5.69 Å². The van der Waals surface area contributed by atoms with Crippen LogP contribution in [0.5, 0.6) is 11.9 Å². The van der Waals surface area contributed by atoms with E-state index >= 15 is 0 Å². The molecule has 2 amide bonds. The van der Waals surface area contributed by atoms with Crippen LogP contribution in [0.25, 0.3) is 0 Å². The molecule has 0 N–H and O–H groups in total. The van der Waals surface area contributed by atoms with E-state index in [9.17, 15) is 9.59 Å². The standard InChI is InChI=1S/C20H29N5O5/c1-28-16-13-15(21-19(22-16)29-2)17(26)25-6-4-20(14-25)3-5-24(18(20)27)8-7-23-9-11-30-12-10-23/h13H,3-12,14H2,1-2H3. The molecule has 0 saturated carbocycles. The number of hydrogen-bond acceptors (Lipinski definition) is 8. The molecule has 0 aromatic carbocycles. The van der Waals surface area contributed by atoms with Crippen molar-refractivity contribution in [2.75, 3.05) is 73.2 Å². The highest BCUT2D eigenvalue weighted by Gasteiger charge is 2.51. The Balaban J connectivity index is 1.38. The van der Waals surface area contributed by atoms with Gasteiger partial charge in [0.25, 0.3) is 5.91 Å². The summed E-state index contributed by atoms with van der Waals surface area (Å²) in [6.07, 6.45) is 1.47. The maximum absolute atomic E-state index is 13.2. The van der Waals surface area contributed by atoms with Gasteiger partial charge in [-0.3, -0.25) is 14.5 Å². The fourth-order valence-electron chi connectivity index (χ4n) is 4.49. The molecule has 1 atom stereocenters. The molecule has 4 heterocycles. The molecule has 164 valence electrons. The minimum absolute atomic E-state index is 0.0813. The van der Waals surface area contributed by atoms with Crippen LogP contribution in [0.3, 0.4) is 0 Å². The van der Waals surface area contributed by atoms with Gasteiger partial charge in [-0.05, 0) is 12.8 Å². The number of rotatable bonds is 6. The molecule has 1 aromatic rings. The lowest BCUT2D eigenvalue weighted by molar-refractivity contribution is -0.135. The van der Waals surface area contributed by atoms with Gasteiger partial charge < -0.3 is 24.0 Å². The monoisotopic (exact) mass is 419 g/mol. The van der Waals surface area contributed by atoms with Gasteiger partial charge in [0.2, 0.25) is 11.8 Å². The third kappa shape index (κ3) is 4.06. The highest BCUT2D eigenvalue weighted by atomic mass is 16.5. The molecular weight excluding hydrogens is 390 g/mol. The highest BCUT2D eigenvalue weighted by Crippen LogP contribution is 2.41. The van der Waals surface area contributed by atoms with E-state index in [1.54, 1.807) is 4.90 Å². The zero-order valence-electron chi connectivity index (χ0n) is 17.6. The molecule has 3 saturated heterocycles. The van der Waals surface area contributed by atoms with Crippen molar-refractivity contribution in [3.63, 3.8) is 0 Å². The van der Waals surface area contributed by atoms with Gasteiger partial charge in [-0.2, -0.15) is 9.97 Å². The molecule has 0 aliphatic carbocycles. The molecule has 3 fully saturated rings. The van der Waals surface area contributed by atoms with Crippen LogP contribution in [0.15, 0.2) is 6.07 Å². The van der Waals surface area contributed by atoms with Crippen molar-refractivity contribution in [2.45, 2.75) is 12.8 Å². The summed E-state index contributed by atoms with van der Waals surface area (Å²) in [4.78, 5) is 40.4. The lowest BCUT2D eigenvalue weighted by Gasteiger charge is -2.29. The molecule has 10 heteroatoms. The Morgan fingerprint density at radius 2 is 1.87 bits per heavy atom. The SMILES string of the molecule is COc1cc(C(=O)N2CCC3(CCN(CCN4CCOCC4)C3=O)C2)nc(OC)n1. The summed E-state index contributed by atoms with van der Waals surface area (Å²) in [6.45, 7) is 6.66. The van der Waals surface area contributed by atoms with Crippen molar-refractivity contribution in [1.29, 1.82) is 0 Å². The summed E-state index contributed by atoms with van der Waals surface area (Å²) in [6, 6.07) is 1.58. The number of carbonyl (C=O) groups excluding carboxylic acids is 2. The van der Waals surface area contributed by atoms with E-state index in [0.29, 0.717) is 19.5 Å². The number of nitrogens with zero attached hydrogens (tertiary/aromatic N) is 5. The van der Waals surface area contributed by atoms with Crippen LogP contribution in [0.4, 0.5) is 0 Å². The molecule has 0 radical (unpaired) electrons. The number of methoxy groups -OCH3 is 2. The summed E-state index contributed by atoms with van der Waals surface area (Å²) in [5.74, 6) is 0.208. The van der Waals surface area contributed by atoms with Gasteiger partial charge in [-0.1, -0.05) is 0 Å². The van der Waals surface area contributed by atoms with Crippen LogP contribution in [-0.2, 0) is 9.53 Å². The molecular formula is C20H29N5O5. The van der Waals surface area contributed by atoms with Gasteiger partial charge in [0.15, 0.2) is 0 Å². The molecule has 1 unspecified atom stereocenters. The maximum atomic E-state index is 13.2. The topological polar surface area (TPSA) is 97.3 Å². The number of amides is 2. The number of hydrogen-bond donors (Lipinski definition) is 0. The quantitative estimate of drug-likeness (QED) is 0.630. The first kappa shape index (κ1) is 20.8. The number of morpholine rings is 1. The second kappa shape index (κ2) is 8.73. The third-order valence-corrected chi connectivity index (χ3v) is 6.32. The lowest BCUT2D eigenvalue weighted by atomic mass is 9.85. The average molecular weight is 419 g/mol. The summed E-state index contributed by atoms with van der Waals surface area (Å²) in [7, 11) is 2.92.